The molecule has 28 heavy (non-hydrogen) atoms. The maximum Gasteiger partial charge on any atom is 0.337 e. The highest BCUT2D eigenvalue weighted by Gasteiger charge is 2.14. The van der Waals surface area contributed by atoms with Gasteiger partial charge in [-0.2, -0.15) is 0 Å². The minimum absolute atomic E-state index is 0.143. The Bertz CT molecular complexity index is 1040. The molecule has 1 heterocycles. The van der Waals surface area contributed by atoms with Gasteiger partial charge in [-0.15, -0.1) is 0 Å². The molecule has 0 aliphatic carbocycles. The van der Waals surface area contributed by atoms with E-state index < -0.39 is 11.9 Å². The Morgan fingerprint density at radius 2 is 1.93 bits per heavy atom. The molecular formula is C20H17ClN4O3. The van der Waals surface area contributed by atoms with E-state index in [-0.39, 0.29) is 27.9 Å². The first-order valence-electron chi connectivity index (χ1n) is 8.32. The van der Waals surface area contributed by atoms with Crippen LogP contribution in [0.15, 0.2) is 54.7 Å². The van der Waals surface area contributed by atoms with Gasteiger partial charge in [0.25, 0.3) is 5.91 Å². The van der Waals surface area contributed by atoms with E-state index in [2.05, 4.69) is 25.3 Å². The molecule has 0 aliphatic heterocycles. The van der Waals surface area contributed by atoms with Gasteiger partial charge in [-0.1, -0.05) is 23.7 Å². The van der Waals surface area contributed by atoms with Crippen LogP contribution < -0.4 is 10.6 Å². The zero-order valence-corrected chi connectivity index (χ0v) is 15.9. The minimum Gasteiger partial charge on any atom is -0.465 e. The summed E-state index contributed by atoms with van der Waals surface area (Å²) in [5.41, 5.74) is 2.59. The molecule has 142 valence electrons. The molecule has 3 rings (SSSR count). The van der Waals surface area contributed by atoms with Crippen molar-refractivity contribution >= 4 is 40.8 Å². The molecule has 8 heteroatoms. The number of benzene rings is 2. The predicted octanol–water partition coefficient (Wildman–Crippen LogP) is 4.22. The van der Waals surface area contributed by atoms with Crippen LogP contribution in [-0.4, -0.2) is 29.0 Å². The highest BCUT2D eigenvalue weighted by Crippen LogP contribution is 2.24. The van der Waals surface area contributed by atoms with Gasteiger partial charge in [0.1, 0.15) is 5.69 Å². The van der Waals surface area contributed by atoms with Crippen LogP contribution in [0.2, 0.25) is 5.02 Å². The number of esters is 1. The van der Waals surface area contributed by atoms with Crippen molar-refractivity contribution in [2.75, 3.05) is 17.7 Å². The Kier molecular flexibility index (Phi) is 5.86. The number of anilines is 3. The van der Waals surface area contributed by atoms with Crippen LogP contribution in [0.25, 0.3) is 0 Å². The van der Waals surface area contributed by atoms with Crippen LogP contribution >= 0.6 is 11.6 Å². The lowest BCUT2D eigenvalue weighted by Gasteiger charge is -2.10. The Hall–Kier alpha value is -3.45. The SMILES string of the molecule is COC(=O)c1ccc(Cl)c(NC(=O)c2ccnc(Nc3cccc(C)c3)n2)c1. The van der Waals surface area contributed by atoms with Crippen molar-refractivity contribution in [1.82, 2.24) is 9.97 Å². The molecule has 0 aliphatic rings. The molecule has 0 fully saturated rings. The average Bonchev–Trinajstić information content (AvgIpc) is 2.69. The number of aromatic nitrogens is 2. The fraction of sp³-hybridized carbons (Fsp3) is 0.100. The normalized spacial score (nSPS) is 10.2. The lowest BCUT2D eigenvalue weighted by Crippen LogP contribution is -2.15. The van der Waals surface area contributed by atoms with E-state index in [1.54, 1.807) is 0 Å². The van der Waals surface area contributed by atoms with Crippen LogP contribution in [-0.2, 0) is 4.74 Å². The van der Waals surface area contributed by atoms with E-state index in [4.69, 9.17) is 11.6 Å². The number of hydrogen-bond acceptors (Lipinski definition) is 6. The lowest BCUT2D eigenvalue weighted by molar-refractivity contribution is 0.0600. The van der Waals surface area contributed by atoms with Crippen LogP contribution in [0, 0.1) is 6.92 Å². The Morgan fingerprint density at radius 3 is 2.68 bits per heavy atom. The monoisotopic (exact) mass is 396 g/mol. The van der Waals surface area contributed by atoms with Crippen LogP contribution in [0.4, 0.5) is 17.3 Å². The van der Waals surface area contributed by atoms with Gasteiger partial charge in [0.05, 0.1) is 23.4 Å². The van der Waals surface area contributed by atoms with Gasteiger partial charge in [-0.05, 0) is 48.9 Å². The van der Waals surface area contributed by atoms with E-state index >= 15 is 0 Å². The smallest absolute Gasteiger partial charge is 0.337 e. The third kappa shape index (κ3) is 4.63. The standard InChI is InChI=1S/C20H17ClN4O3/c1-12-4-3-5-14(10-12)23-20-22-9-8-16(25-20)18(26)24-17-11-13(19(27)28-2)6-7-15(17)21/h3-11H,1-2H3,(H,24,26)(H,22,23,25). The minimum atomic E-state index is -0.529. The highest BCUT2D eigenvalue weighted by atomic mass is 35.5. The number of nitrogens with zero attached hydrogens (tertiary/aromatic N) is 2. The first-order valence-corrected chi connectivity index (χ1v) is 8.70. The summed E-state index contributed by atoms with van der Waals surface area (Å²) >= 11 is 6.12. The van der Waals surface area contributed by atoms with E-state index in [0.29, 0.717) is 0 Å². The first kappa shape index (κ1) is 19.3. The van der Waals surface area contributed by atoms with Crippen molar-refractivity contribution in [2.24, 2.45) is 0 Å². The van der Waals surface area contributed by atoms with Gasteiger partial charge in [0.15, 0.2) is 0 Å². The summed E-state index contributed by atoms with van der Waals surface area (Å²) in [5, 5.41) is 5.99. The van der Waals surface area contributed by atoms with Gasteiger partial charge in [0.2, 0.25) is 5.95 Å². The number of ether oxygens (including phenoxy) is 1. The maximum atomic E-state index is 12.6. The molecule has 7 nitrogen and oxygen atoms in total. The Morgan fingerprint density at radius 1 is 1.11 bits per heavy atom. The fourth-order valence-electron chi connectivity index (χ4n) is 2.45. The van der Waals surface area contributed by atoms with E-state index in [9.17, 15) is 9.59 Å². The zero-order valence-electron chi connectivity index (χ0n) is 15.2. The van der Waals surface area contributed by atoms with E-state index in [1.807, 2.05) is 31.2 Å². The molecule has 0 saturated heterocycles. The van der Waals surface area contributed by atoms with Gasteiger partial charge >= 0.3 is 5.97 Å². The second kappa shape index (κ2) is 8.49. The molecule has 0 atom stereocenters. The Balaban J connectivity index is 1.79. The molecule has 0 radical (unpaired) electrons. The van der Waals surface area contributed by atoms with E-state index in [0.717, 1.165) is 11.3 Å². The topological polar surface area (TPSA) is 93.2 Å². The molecule has 2 aromatic carbocycles. The summed E-state index contributed by atoms with van der Waals surface area (Å²) in [7, 11) is 1.28. The summed E-state index contributed by atoms with van der Waals surface area (Å²) in [6.07, 6.45) is 1.48. The number of rotatable bonds is 5. The third-order valence-corrected chi connectivity index (χ3v) is 4.13. The average molecular weight is 397 g/mol. The highest BCUT2D eigenvalue weighted by molar-refractivity contribution is 6.34. The summed E-state index contributed by atoms with van der Waals surface area (Å²) in [5.74, 6) is -0.731. The Labute approximate surface area is 166 Å². The van der Waals surface area contributed by atoms with Crippen molar-refractivity contribution in [1.29, 1.82) is 0 Å². The van der Waals surface area contributed by atoms with E-state index in [1.165, 1.54) is 37.6 Å². The summed E-state index contributed by atoms with van der Waals surface area (Å²) in [6, 6.07) is 13.6. The molecule has 2 N–H and O–H groups in total. The predicted molar refractivity (Wildman–Crippen MR) is 107 cm³/mol. The number of aryl methyl sites for hydroxylation is 1. The molecule has 1 amide bonds. The molecule has 0 bridgehead atoms. The van der Waals surface area contributed by atoms with Crippen molar-refractivity contribution in [2.45, 2.75) is 6.92 Å². The molecular weight excluding hydrogens is 380 g/mol. The number of halogens is 1. The second-order valence-corrected chi connectivity index (χ2v) is 6.31. The van der Waals surface area contributed by atoms with Crippen molar-refractivity contribution in [3.63, 3.8) is 0 Å². The quantitative estimate of drug-likeness (QED) is 0.627. The number of nitrogens with one attached hydrogen (secondary N) is 2. The van der Waals surface area contributed by atoms with Crippen molar-refractivity contribution in [3.8, 4) is 0 Å². The van der Waals surface area contributed by atoms with Gasteiger partial charge < -0.3 is 15.4 Å². The first-order chi connectivity index (χ1) is 13.5. The van der Waals surface area contributed by atoms with Crippen molar-refractivity contribution in [3.05, 3.63) is 76.6 Å². The van der Waals surface area contributed by atoms with Gasteiger partial charge in [-0.3, -0.25) is 4.79 Å². The number of carbonyl (C=O) groups excluding carboxylic acids is 2. The second-order valence-electron chi connectivity index (χ2n) is 5.90. The number of hydrogen-bond donors (Lipinski definition) is 2. The largest absolute Gasteiger partial charge is 0.465 e. The summed E-state index contributed by atoms with van der Waals surface area (Å²) in [6.45, 7) is 1.97. The van der Waals surface area contributed by atoms with Gasteiger partial charge in [0, 0.05) is 11.9 Å². The van der Waals surface area contributed by atoms with Crippen LogP contribution in [0.5, 0.6) is 0 Å². The maximum absolute atomic E-state index is 12.6. The lowest BCUT2D eigenvalue weighted by atomic mass is 10.2. The molecule has 0 saturated carbocycles. The summed E-state index contributed by atoms with van der Waals surface area (Å²) < 4.78 is 4.68. The molecule has 3 aromatic rings. The van der Waals surface area contributed by atoms with Crippen LogP contribution in [0.3, 0.4) is 0 Å². The number of carbonyl (C=O) groups is 2. The number of amides is 1. The molecule has 0 unspecified atom stereocenters. The van der Waals surface area contributed by atoms with Crippen LogP contribution in [0.1, 0.15) is 26.4 Å². The zero-order chi connectivity index (χ0) is 20.1. The third-order valence-electron chi connectivity index (χ3n) is 3.80. The fourth-order valence-corrected chi connectivity index (χ4v) is 2.61. The van der Waals surface area contributed by atoms with Crippen molar-refractivity contribution < 1.29 is 14.3 Å². The molecule has 0 spiro atoms. The molecule has 1 aromatic heterocycles. The summed E-state index contributed by atoms with van der Waals surface area (Å²) in [4.78, 5) is 32.6. The van der Waals surface area contributed by atoms with Gasteiger partial charge in [-0.25, -0.2) is 14.8 Å². The number of methoxy groups -OCH3 is 1.